The van der Waals surface area contributed by atoms with Gasteiger partial charge in [-0.25, -0.2) is 27.6 Å². The van der Waals surface area contributed by atoms with Gasteiger partial charge in [-0.3, -0.25) is 9.80 Å². The van der Waals surface area contributed by atoms with E-state index in [2.05, 4.69) is 32.5 Å². The number of nitrogens with zero attached hydrogens (tertiary/aromatic N) is 5. The van der Waals surface area contributed by atoms with Crippen molar-refractivity contribution < 1.29 is 23.1 Å². The van der Waals surface area contributed by atoms with E-state index in [0.29, 0.717) is 43.0 Å². The highest BCUT2D eigenvalue weighted by molar-refractivity contribution is 14.1. The zero-order valence-electron chi connectivity index (χ0n) is 23.3. The van der Waals surface area contributed by atoms with Gasteiger partial charge in [0, 0.05) is 39.9 Å². The van der Waals surface area contributed by atoms with Gasteiger partial charge in [0.15, 0.2) is 5.65 Å². The molecular weight excluding hydrogens is 645 g/mol. The van der Waals surface area contributed by atoms with E-state index < -0.39 is 21.5 Å². The summed E-state index contributed by atoms with van der Waals surface area (Å²) in [5.41, 5.74) is 3.86. The Bertz CT molecular complexity index is 1600. The van der Waals surface area contributed by atoms with Crippen molar-refractivity contribution in [3.63, 3.8) is 0 Å². The number of hydrogen-bond acceptors (Lipinski definition) is 6. The van der Waals surface area contributed by atoms with E-state index in [1.54, 1.807) is 23.0 Å². The Morgan fingerprint density at radius 1 is 1.15 bits per heavy atom. The Hall–Kier alpha value is -2.71. The van der Waals surface area contributed by atoms with Crippen molar-refractivity contribution >= 4 is 61.3 Å². The molecule has 1 fully saturated rings. The third-order valence-electron chi connectivity index (χ3n) is 7.98. The van der Waals surface area contributed by atoms with Crippen LogP contribution in [0.15, 0.2) is 30.5 Å². The molecule has 0 spiro atoms. The van der Waals surface area contributed by atoms with Crippen LogP contribution < -0.4 is 4.90 Å². The summed E-state index contributed by atoms with van der Waals surface area (Å²) in [7, 11) is -1.29. The summed E-state index contributed by atoms with van der Waals surface area (Å²) < 4.78 is 25.8. The monoisotopic (exact) mass is 679 g/mol. The van der Waals surface area contributed by atoms with Gasteiger partial charge < -0.3 is 10.0 Å². The SMILES string of the molecule is CN1C(=O)N(C(C)(C)C)Cc2c1cnc1c2c(I)c(-c2ccc(CN3CCC(S(C)(=O)=O)CC3)cc2)n1C(=O)O. The highest BCUT2D eigenvalue weighted by atomic mass is 127. The van der Waals surface area contributed by atoms with Crippen molar-refractivity contribution in [2.45, 2.75) is 57.5 Å². The van der Waals surface area contributed by atoms with E-state index >= 15 is 0 Å². The zero-order chi connectivity index (χ0) is 29.1. The van der Waals surface area contributed by atoms with E-state index in [-0.39, 0.29) is 11.3 Å². The van der Waals surface area contributed by atoms with Crippen molar-refractivity contribution in [1.29, 1.82) is 0 Å². The molecule has 0 aliphatic carbocycles. The molecule has 2 aromatic heterocycles. The third kappa shape index (κ3) is 5.09. The number of rotatable bonds is 4. The van der Waals surface area contributed by atoms with Gasteiger partial charge in [-0.2, -0.15) is 0 Å². The van der Waals surface area contributed by atoms with E-state index in [9.17, 15) is 23.1 Å². The van der Waals surface area contributed by atoms with Crippen LogP contribution in [0.3, 0.4) is 0 Å². The first-order chi connectivity index (χ1) is 18.7. The van der Waals surface area contributed by atoms with Gasteiger partial charge in [-0.15, -0.1) is 0 Å². The van der Waals surface area contributed by atoms with Gasteiger partial charge in [0.25, 0.3) is 0 Å². The second-order valence-corrected chi connectivity index (χ2v) is 15.1. The molecule has 0 unspecified atom stereocenters. The molecule has 0 saturated carbocycles. The highest BCUT2D eigenvalue weighted by Crippen LogP contribution is 2.42. The molecule has 1 saturated heterocycles. The van der Waals surface area contributed by atoms with Crippen LogP contribution in [0.25, 0.3) is 22.3 Å². The minimum Gasteiger partial charge on any atom is -0.464 e. The molecule has 1 aromatic carbocycles. The smallest absolute Gasteiger partial charge is 0.417 e. The number of fused-ring (bicyclic) bond motifs is 3. The number of hydrogen-bond donors (Lipinski definition) is 1. The van der Waals surface area contributed by atoms with E-state index in [1.807, 2.05) is 45.0 Å². The Balaban J connectivity index is 1.50. The number of anilines is 1. The molecule has 2 aliphatic heterocycles. The first-order valence-corrected chi connectivity index (χ1v) is 16.2. The summed E-state index contributed by atoms with van der Waals surface area (Å²) in [6, 6.07) is 7.73. The molecule has 40 heavy (non-hydrogen) atoms. The minimum atomic E-state index is -3.01. The Labute approximate surface area is 248 Å². The van der Waals surface area contributed by atoms with Crippen LogP contribution in [0, 0.1) is 3.57 Å². The van der Waals surface area contributed by atoms with Gasteiger partial charge in [-0.05, 0) is 80.4 Å². The summed E-state index contributed by atoms with van der Waals surface area (Å²) in [6.45, 7) is 8.46. The van der Waals surface area contributed by atoms with Crippen molar-refractivity contribution in [2.24, 2.45) is 0 Å². The van der Waals surface area contributed by atoms with Crippen molar-refractivity contribution in [1.82, 2.24) is 19.4 Å². The minimum absolute atomic E-state index is 0.120. The van der Waals surface area contributed by atoms with E-state index in [0.717, 1.165) is 38.7 Å². The number of carbonyl (C=O) groups is 2. The van der Waals surface area contributed by atoms with Gasteiger partial charge in [0.1, 0.15) is 9.84 Å². The van der Waals surface area contributed by atoms with Crippen LogP contribution in [0.1, 0.15) is 44.7 Å². The summed E-state index contributed by atoms with van der Waals surface area (Å²) >= 11 is 2.20. The maximum atomic E-state index is 13.1. The van der Waals surface area contributed by atoms with E-state index in [1.165, 1.54) is 10.8 Å². The molecule has 2 aliphatic rings. The predicted octanol–water partition coefficient (Wildman–Crippen LogP) is 5.01. The van der Waals surface area contributed by atoms with Gasteiger partial charge in [0.05, 0.1) is 29.4 Å². The van der Waals surface area contributed by atoms with Crippen molar-refractivity contribution in [3.05, 3.63) is 45.2 Å². The normalized spacial score (nSPS) is 17.5. The summed E-state index contributed by atoms with van der Waals surface area (Å²) in [4.78, 5) is 35.8. The largest absolute Gasteiger partial charge is 0.464 e. The van der Waals surface area contributed by atoms with Gasteiger partial charge in [0.2, 0.25) is 0 Å². The standard InChI is InChI=1S/C28H34IN5O5S/c1-28(2,3)33-16-20-21(31(4)26(33)35)14-30-25-22(20)23(29)24(34(25)27(36)37)18-8-6-17(7-9-18)15-32-12-10-19(11-13-32)40(5,38)39/h6-9,14,19H,10-13,15-16H2,1-5H3,(H,36,37). The Morgan fingerprint density at radius 2 is 1.77 bits per heavy atom. The Kier molecular flexibility index (Phi) is 7.41. The first-order valence-electron chi connectivity index (χ1n) is 13.2. The van der Waals surface area contributed by atoms with E-state index in [4.69, 9.17) is 0 Å². The molecule has 214 valence electrons. The molecule has 0 bridgehead atoms. The number of aromatic nitrogens is 2. The lowest BCUT2D eigenvalue weighted by atomic mass is 10.0. The number of amides is 2. The number of carbonyl (C=O) groups excluding carboxylic acids is 1. The van der Waals surface area contributed by atoms with Crippen LogP contribution in [-0.4, -0.2) is 82.2 Å². The number of benzene rings is 1. The maximum absolute atomic E-state index is 13.1. The van der Waals surface area contributed by atoms with Crippen molar-refractivity contribution in [3.8, 4) is 11.3 Å². The van der Waals surface area contributed by atoms with Gasteiger partial charge in [-0.1, -0.05) is 24.3 Å². The average molecular weight is 680 g/mol. The first kappa shape index (κ1) is 28.8. The quantitative estimate of drug-likeness (QED) is 0.386. The molecular formula is C28H34IN5O5S. The second-order valence-electron chi connectivity index (χ2n) is 11.7. The summed E-state index contributed by atoms with van der Waals surface area (Å²) in [6.07, 6.45) is 3.05. The lowest BCUT2D eigenvalue weighted by Crippen LogP contribution is -2.53. The van der Waals surface area contributed by atoms with Crippen molar-refractivity contribution in [2.75, 3.05) is 31.3 Å². The fourth-order valence-electron chi connectivity index (χ4n) is 5.70. The number of pyridine rings is 1. The van der Waals surface area contributed by atoms with Crippen LogP contribution in [0.2, 0.25) is 0 Å². The third-order valence-corrected chi connectivity index (χ3v) is 10.7. The number of halogens is 1. The molecule has 3 aromatic rings. The second kappa shape index (κ2) is 10.3. The number of urea groups is 1. The molecule has 0 radical (unpaired) electrons. The van der Waals surface area contributed by atoms with Crippen LogP contribution in [0.5, 0.6) is 0 Å². The molecule has 0 atom stereocenters. The summed E-state index contributed by atoms with van der Waals surface area (Å²) in [5, 5.41) is 10.7. The summed E-state index contributed by atoms with van der Waals surface area (Å²) in [5.74, 6) is 0. The zero-order valence-corrected chi connectivity index (χ0v) is 26.3. The maximum Gasteiger partial charge on any atom is 0.417 e. The number of likely N-dealkylation sites (tertiary alicyclic amines) is 1. The molecule has 10 nitrogen and oxygen atoms in total. The van der Waals surface area contributed by atoms with Gasteiger partial charge >= 0.3 is 12.1 Å². The lowest BCUT2D eigenvalue weighted by molar-refractivity contribution is 0.143. The fraction of sp³-hybridized carbons (Fsp3) is 0.464. The van der Waals surface area contributed by atoms with Crippen LogP contribution >= 0.6 is 22.6 Å². The topological polar surface area (TPSA) is 116 Å². The molecule has 5 rings (SSSR count). The molecule has 1 N–H and O–H groups in total. The number of sulfone groups is 1. The number of piperidine rings is 1. The molecule has 12 heteroatoms. The molecule has 2 amide bonds. The number of carboxylic acid groups (broad SMARTS) is 1. The predicted molar refractivity (Wildman–Crippen MR) is 164 cm³/mol. The molecule has 4 heterocycles. The average Bonchev–Trinajstić information content (AvgIpc) is 3.18. The highest BCUT2D eigenvalue weighted by Gasteiger charge is 2.37. The van der Waals surface area contributed by atoms with Crippen LogP contribution in [-0.2, 0) is 22.9 Å². The van der Waals surface area contributed by atoms with Crippen LogP contribution in [0.4, 0.5) is 15.3 Å². The fourth-order valence-corrected chi connectivity index (χ4v) is 7.88. The lowest BCUT2D eigenvalue weighted by Gasteiger charge is -2.42. The Morgan fingerprint density at radius 3 is 2.33 bits per heavy atom.